The van der Waals surface area contributed by atoms with Crippen LogP contribution < -0.4 is 0 Å². The Labute approximate surface area is 123 Å². The summed E-state index contributed by atoms with van der Waals surface area (Å²) in [6, 6.07) is 4.09. The number of aromatic nitrogens is 1. The van der Waals surface area contributed by atoms with Gasteiger partial charge in [-0.15, -0.1) is 0 Å². The Bertz CT molecular complexity index is 468. The first kappa shape index (κ1) is 15.7. The van der Waals surface area contributed by atoms with Gasteiger partial charge in [-0.3, -0.25) is 4.98 Å². The van der Waals surface area contributed by atoms with Crippen LogP contribution in [0.5, 0.6) is 0 Å². The summed E-state index contributed by atoms with van der Waals surface area (Å²) in [5, 5.41) is 9.72. The molecule has 0 aromatic carbocycles. The van der Waals surface area contributed by atoms with Crippen LogP contribution in [0.15, 0.2) is 18.3 Å². The molecule has 3 nitrogen and oxygen atoms in total. The minimum atomic E-state index is -1.82. The van der Waals surface area contributed by atoms with E-state index in [4.69, 9.17) is 4.43 Å². The second-order valence-electron chi connectivity index (χ2n) is 7.40. The lowest BCUT2D eigenvalue weighted by atomic mass is 9.85. The summed E-state index contributed by atoms with van der Waals surface area (Å²) in [4.78, 5) is 4.55. The Morgan fingerprint density at radius 1 is 1.40 bits per heavy atom. The molecule has 0 unspecified atom stereocenters. The van der Waals surface area contributed by atoms with Gasteiger partial charge < -0.3 is 9.53 Å². The number of fused-ring (bicyclic) bond motifs is 1. The van der Waals surface area contributed by atoms with Crippen molar-refractivity contribution in [3.05, 3.63) is 29.6 Å². The Hall–Kier alpha value is -0.713. The molecule has 112 valence electrons. The first-order chi connectivity index (χ1) is 9.24. The zero-order chi connectivity index (χ0) is 15.0. The van der Waals surface area contributed by atoms with Gasteiger partial charge in [0.2, 0.25) is 0 Å². The van der Waals surface area contributed by atoms with Gasteiger partial charge in [0, 0.05) is 12.8 Å². The normalized spacial score (nSPS) is 23.5. The monoisotopic (exact) mass is 293 g/mol. The third-order valence-corrected chi connectivity index (χ3v) is 9.27. The van der Waals surface area contributed by atoms with Crippen molar-refractivity contribution in [2.75, 3.05) is 6.61 Å². The van der Waals surface area contributed by atoms with Crippen LogP contribution in [0.3, 0.4) is 0 Å². The molecule has 4 heteroatoms. The molecule has 2 rings (SSSR count). The van der Waals surface area contributed by atoms with Crippen molar-refractivity contribution in [2.24, 2.45) is 5.92 Å². The van der Waals surface area contributed by atoms with Crippen LogP contribution in [0.4, 0.5) is 0 Å². The van der Waals surface area contributed by atoms with Crippen LogP contribution in [0.2, 0.25) is 18.1 Å². The molecule has 2 atom stereocenters. The van der Waals surface area contributed by atoms with Crippen LogP contribution in [0, 0.1) is 5.92 Å². The van der Waals surface area contributed by atoms with Crippen molar-refractivity contribution >= 4 is 8.32 Å². The number of hydrogen-bond acceptors (Lipinski definition) is 3. The van der Waals surface area contributed by atoms with Gasteiger partial charge in [0.25, 0.3) is 0 Å². The van der Waals surface area contributed by atoms with E-state index in [9.17, 15) is 5.11 Å². The first-order valence-corrected chi connectivity index (χ1v) is 10.4. The number of aliphatic hydroxyl groups excluding tert-OH is 1. The van der Waals surface area contributed by atoms with Crippen LogP contribution >= 0.6 is 0 Å². The maximum absolute atomic E-state index is 9.53. The summed E-state index contributed by atoms with van der Waals surface area (Å²) in [5.41, 5.74) is 2.32. The summed E-state index contributed by atoms with van der Waals surface area (Å²) in [6.45, 7) is 11.5. The van der Waals surface area contributed by atoms with E-state index in [1.54, 1.807) is 0 Å². The van der Waals surface area contributed by atoms with Crippen LogP contribution in [0.1, 0.15) is 44.6 Å². The van der Waals surface area contributed by atoms with Crippen molar-refractivity contribution in [1.82, 2.24) is 4.98 Å². The molecule has 1 aliphatic carbocycles. The van der Waals surface area contributed by atoms with Crippen LogP contribution in [-0.2, 0) is 10.8 Å². The topological polar surface area (TPSA) is 42.4 Å². The summed E-state index contributed by atoms with van der Waals surface area (Å²) >= 11 is 0. The Morgan fingerprint density at radius 3 is 2.70 bits per heavy atom. The highest BCUT2D eigenvalue weighted by Gasteiger charge is 2.41. The predicted octanol–water partition coefficient (Wildman–Crippen LogP) is 3.70. The molecule has 20 heavy (non-hydrogen) atoms. The van der Waals surface area contributed by atoms with Crippen LogP contribution in [0.25, 0.3) is 0 Å². The largest absolute Gasteiger partial charge is 0.408 e. The zero-order valence-corrected chi connectivity index (χ0v) is 14.3. The lowest BCUT2D eigenvalue weighted by molar-refractivity contribution is 0.107. The van der Waals surface area contributed by atoms with Crippen molar-refractivity contribution in [2.45, 2.75) is 57.8 Å². The zero-order valence-electron chi connectivity index (χ0n) is 13.3. The van der Waals surface area contributed by atoms with Crippen molar-refractivity contribution in [1.29, 1.82) is 0 Å². The third kappa shape index (κ3) is 3.13. The third-order valence-electron chi connectivity index (χ3n) is 4.79. The molecule has 1 aromatic rings. The molecule has 0 saturated heterocycles. The minimum Gasteiger partial charge on any atom is -0.408 e. The fourth-order valence-electron chi connectivity index (χ4n) is 2.50. The van der Waals surface area contributed by atoms with E-state index in [1.165, 1.54) is 5.56 Å². The molecule has 1 aliphatic rings. The van der Waals surface area contributed by atoms with E-state index in [0.717, 1.165) is 18.5 Å². The average molecular weight is 293 g/mol. The van der Waals surface area contributed by atoms with Gasteiger partial charge in [-0.25, -0.2) is 0 Å². The highest BCUT2D eigenvalue weighted by molar-refractivity contribution is 6.74. The quantitative estimate of drug-likeness (QED) is 0.864. The summed E-state index contributed by atoms with van der Waals surface area (Å²) in [6.07, 6.45) is 3.68. The molecule has 0 spiro atoms. The number of aliphatic hydroxyl groups is 1. The molecule has 1 N–H and O–H groups in total. The lowest BCUT2D eigenvalue weighted by Crippen LogP contribution is -2.43. The smallest absolute Gasteiger partial charge is 0.192 e. The summed E-state index contributed by atoms with van der Waals surface area (Å²) in [7, 11) is -1.82. The van der Waals surface area contributed by atoms with Crippen LogP contribution in [-0.4, -0.2) is 25.0 Å². The fraction of sp³-hybridized carbons (Fsp3) is 0.688. The summed E-state index contributed by atoms with van der Waals surface area (Å²) in [5.74, 6) is 0.293. The second kappa shape index (κ2) is 5.58. The SMILES string of the molecule is CC(C)(C)[Si](C)(C)O[C@H]1C[C@H](CO)Cc2cccnc21. The molecular formula is C16H27NO2Si. The molecule has 0 amide bonds. The second-order valence-corrected chi connectivity index (χ2v) is 12.2. The van der Waals surface area contributed by atoms with Gasteiger partial charge in [-0.2, -0.15) is 0 Å². The van der Waals surface area contributed by atoms with Crippen molar-refractivity contribution in [3.63, 3.8) is 0 Å². The number of rotatable bonds is 3. The van der Waals surface area contributed by atoms with Gasteiger partial charge in [-0.1, -0.05) is 26.8 Å². The van der Waals surface area contributed by atoms with E-state index in [0.29, 0.717) is 5.92 Å². The Morgan fingerprint density at radius 2 is 2.10 bits per heavy atom. The van der Waals surface area contributed by atoms with Crippen molar-refractivity contribution in [3.8, 4) is 0 Å². The first-order valence-electron chi connectivity index (χ1n) is 7.47. The van der Waals surface area contributed by atoms with E-state index < -0.39 is 8.32 Å². The average Bonchev–Trinajstić information content (AvgIpc) is 2.36. The number of nitrogens with zero attached hydrogens (tertiary/aromatic N) is 1. The molecule has 0 fully saturated rings. The molecular weight excluding hydrogens is 266 g/mol. The molecule has 0 aliphatic heterocycles. The van der Waals surface area contributed by atoms with Gasteiger partial charge >= 0.3 is 0 Å². The van der Waals surface area contributed by atoms with Gasteiger partial charge in [0.05, 0.1) is 11.8 Å². The van der Waals surface area contributed by atoms with E-state index in [2.05, 4.69) is 44.9 Å². The van der Waals surface area contributed by atoms with Gasteiger partial charge in [0.1, 0.15) is 0 Å². The minimum absolute atomic E-state index is 0.0398. The number of pyridine rings is 1. The molecule has 0 bridgehead atoms. The standard InChI is InChI=1S/C16H27NO2Si/c1-16(2,3)20(4,5)19-14-10-12(11-18)9-13-7-6-8-17-15(13)14/h6-8,12,14,18H,9-11H2,1-5H3/t12-,14+/m1/s1. The summed E-state index contributed by atoms with van der Waals surface area (Å²) < 4.78 is 6.57. The molecule has 1 aromatic heterocycles. The molecule has 0 saturated carbocycles. The fourth-order valence-corrected chi connectivity index (χ4v) is 3.77. The Balaban J connectivity index is 2.27. The van der Waals surface area contributed by atoms with Gasteiger partial charge in [-0.05, 0) is 48.5 Å². The molecule has 0 radical (unpaired) electrons. The van der Waals surface area contributed by atoms with E-state index >= 15 is 0 Å². The highest BCUT2D eigenvalue weighted by atomic mass is 28.4. The maximum atomic E-state index is 9.53. The lowest BCUT2D eigenvalue weighted by Gasteiger charge is -2.41. The highest BCUT2D eigenvalue weighted by Crippen LogP contribution is 2.43. The maximum Gasteiger partial charge on any atom is 0.192 e. The van der Waals surface area contributed by atoms with Gasteiger partial charge in [0.15, 0.2) is 8.32 Å². The van der Waals surface area contributed by atoms with E-state index in [-0.39, 0.29) is 17.7 Å². The predicted molar refractivity (Wildman–Crippen MR) is 84.2 cm³/mol. The van der Waals surface area contributed by atoms with Crippen molar-refractivity contribution < 1.29 is 9.53 Å². The molecule has 1 heterocycles. The Kier molecular flexibility index (Phi) is 4.37. The number of hydrogen-bond donors (Lipinski definition) is 1. The van der Waals surface area contributed by atoms with E-state index in [1.807, 2.05) is 12.3 Å².